The first-order valence-electron chi connectivity index (χ1n) is 27.2. The van der Waals surface area contributed by atoms with Gasteiger partial charge in [-0.05, 0) is 142 Å². The first kappa shape index (κ1) is 61.5. The van der Waals surface area contributed by atoms with Gasteiger partial charge < -0.3 is 35.4 Å². The molecule has 5 rings (SSSR count). The fourth-order valence-electron chi connectivity index (χ4n) is 9.74. The summed E-state index contributed by atoms with van der Waals surface area (Å²) >= 11 is 0. The lowest BCUT2D eigenvalue weighted by Crippen LogP contribution is -2.59. The monoisotopic (exact) mass is 1030 g/mol. The van der Waals surface area contributed by atoms with E-state index in [2.05, 4.69) is 45.1 Å². The van der Waals surface area contributed by atoms with E-state index >= 15 is 0 Å². The summed E-state index contributed by atoms with van der Waals surface area (Å²) in [5.41, 5.74) is 0.887. The van der Waals surface area contributed by atoms with Gasteiger partial charge in [0.05, 0.1) is 12.1 Å². The van der Waals surface area contributed by atoms with E-state index in [1.807, 2.05) is 126 Å². The lowest BCUT2D eigenvalue weighted by Gasteiger charge is -2.38. The molecular formula is C58H95N9O7. The molecule has 0 unspecified atom stereocenters. The predicted octanol–water partition coefficient (Wildman–Crippen LogP) is 6.22. The smallest absolute Gasteiger partial charge is 0.410 e. The van der Waals surface area contributed by atoms with Crippen molar-refractivity contribution in [1.82, 2.24) is 45.3 Å². The molecule has 3 N–H and O–H groups in total. The molecule has 6 amide bonds. The summed E-state index contributed by atoms with van der Waals surface area (Å²) < 4.78 is 5.39. The average molecular weight is 1030 g/mol. The van der Waals surface area contributed by atoms with E-state index in [-0.39, 0.29) is 53.7 Å². The SMILES string of the molecule is C[C@@H](C(=O)N[C@H](C(=O)N1CCC[C@H]1CN(CCc1ccccc1)C(=O)[C@H]1CCCN1C)C(C)(C)C)N(C)C.C[C@@H](C(=O)N[C@H](C(=O)N1CCC[C@H]1CNCCc1ccccc1)C(C)(C)C)N(C)C(=O)OC(C)(C)C. The van der Waals surface area contributed by atoms with Crippen LogP contribution in [0.2, 0.25) is 0 Å². The van der Waals surface area contributed by atoms with Gasteiger partial charge in [-0.15, -0.1) is 0 Å². The Balaban J connectivity index is 0.000000321. The fourth-order valence-corrected chi connectivity index (χ4v) is 9.74. The number of amides is 6. The molecule has 7 atom stereocenters. The van der Waals surface area contributed by atoms with E-state index in [4.69, 9.17) is 4.74 Å². The molecule has 0 bridgehead atoms. The van der Waals surface area contributed by atoms with Crippen LogP contribution in [0.5, 0.6) is 0 Å². The molecule has 2 aromatic rings. The number of hydrogen-bond acceptors (Lipinski definition) is 10. The molecule has 74 heavy (non-hydrogen) atoms. The molecule has 16 nitrogen and oxygen atoms in total. The Kier molecular flexibility index (Phi) is 23.0. The summed E-state index contributed by atoms with van der Waals surface area (Å²) in [5, 5.41) is 9.49. The third-order valence-corrected chi connectivity index (χ3v) is 14.8. The summed E-state index contributed by atoms with van der Waals surface area (Å²) in [5.74, 6) is -0.486. The zero-order valence-corrected chi connectivity index (χ0v) is 48.0. The van der Waals surface area contributed by atoms with Crippen molar-refractivity contribution in [3.05, 3.63) is 71.8 Å². The number of hydrogen-bond donors (Lipinski definition) is 3. The second-order valence-corrected chi connectivity index (χ2v) is 24.3. The summed E-state index contributed by atoms with van der Waals surface area (Å²) in [7, 11) is 7.28. The number of ether oxygens (including phenoxy) is 1. The third-order valence-electron chi connectivity index (χ3n) is 14.8. The minimum Gasteiger partial charge on any atom is -0.444 e. The summed E-state index contributed by atoms with van der Waals surface area (Å²) in [6, 6.07) is 18.1. The minimum atomic E-state index is -0.786. The Labute approximate surface area is 445 Å². The molecule has 0 saturated carbocycles. The van der Waals surface area contributed by atoms with Crippen molar-refractivity contribution in [1.29, 1.82) is 0 Å². The first-order valence-corrected chi connectivity index (χ1v) is 27.2. The van der Waals surface area contributed by atoms with Crippen LogP contribution in [0, 0.1) is 10.8 Å². The molecule has 3 aliphatic rings. The van der Waals surface area contributed by atoms with Crippen molar-refractivity contribution in [3.8, 4) is 0 Å². The van der Waals surface area contributed by atoms with Gasteiger partial charge >= 0.3 is 6.09 Å². The topological polar surface area (TPSA) is 167 Å². The summed E-state index contributed by atoms with van der Waals surface area (Å²) in [6.45, 7) is 25.6. The van der Waals surface area contributed by atoms with E-state index in [1.165, 1.54) is 23.1 Å². The number of nitrogens with zero attached hydrogens (tertiary/aromatic N) is 6. The molecule has 3 heterocycles. The molecule has 0 radical (unpaired) electrons. The number of carbonyl (C=O) groups excluding carboxylic acids is 6. The molecule has 3 aliphatic heterocycles. The van der Waals surface area contributed by atoms with Crippen LogP contribution in [0.1, 0.15) is 126 Å². The molecule has 0 spiro atoms. The number of benzene rings is 2. The van der Waals surface area contributed by atoms with Gasteiger partial charge in [0.15, 0.2) is 0 Å². The highest BCUT2D eigenvalue weighted by atomic mass is 16.6. The molecule has 2 aromatic carbocycles. The Bertz CT molecular complexity index is 2120. The summed E-state index contributed by atoms with van der Waals surface area (Å²) in [6.07, 6.45) is 6.70. The second kappa shape index (κ2) is 27.6. The Morgan fingerprint density at radius 1 is 0.649 bits per heavy atom. The normalized spacial score (nSPS) is 20.0. The Morgan fingerprint density at radius 2 is 1.12 bits per heavy atom. The van der Waals surface area contributed by atoms with Crippen LogP contribution in [-0.4, -0.2) is 187 Å². The minimum absolute atomic E-state index is 0.0484. The van der Waals surface area contributed by atoms with E-state index < -0.39 is 40.6 Å². The van der Waals surface area contributed by atoms with Crippen LogP contribution >= 0.6 is 0 Å². The van der Waals surface area contributed by atoms with Gasteiger partial charge in [0.25, 0.3) is 0 Å². The van der Waals surface area contributed by atoms with Crippen molar-refractivity contribution in [3.63, 3.8) is 0 Å². The van der Waals surface area contributed by atoms with Crippen molar-refractivity contribution >= 4 is 35.6 Å². The van der Waals surface area contributed by atoms with Crippen LogP contribution in [0.3, 0.4) is 0 Å². The maximum atomic E-state index is 14.0. The molecule has 0 aromatic heterocycles. The Hall–Kier alpha value is -5.06. The van der Waals surface area contributed by atoms with Crippen LogP contribution in [-0.2, 0) is 41.6 Å². The number of likely N-dealkylation sites (N-methyl/N-ethyl adjacent to an activating group) is 3. The van der Waals surface area contributed by atoms with Crippen LogP contribution in [0.15, 0.2) is 60.7 Å². The van der Waals surface area contributed by atoms with Gasteiger partial charge in [-0.1, -0.05) is 102 Å². The predicted molar refractivity (Wildman–Crippen MR) is 294 cm³/mol. The van der Waals surface area contributed by atoms with Crippen LogP contribution in [0.4, 0.5) is 4.79 Å². The van der Waals surface area contributed by atoms with Gasteiger partial charge in [-0.3, -0.25) is 38.7 Å². The highest BCUT2D eigenvalue weighted by Crippen LogP contribution is 2.29. The van der Waals surface area contributed by atoms with E-state index in [0.717, 1.165) is 71.0 Å². The maximum absolute atomic E-state index is 14.0. The first-order chi connectivity index (χ1) is 34.6. The molecular weight excluding hydrogens is 935 g/mol. The highest BCUT2D eigenvalue weighted by Gasteiger charge is 2.43. The highest BCUT2D eigenvalue weighted by molar-refractivity contribution is 5.92. The molecule has 16 heteroatoms. The zero-order chi connectivity index (χ0) is 55.1. The van der Waals surface area contributed by atoms with Gasteiger partial charge in [0.2, 0.25) is 29.5 Å². The van der Waals surface area contributed by atoms with Crippen LogP contribution < -0.4 is 16.0 Å². The molecule has 3 saturated heterocycles. The quantitative estimate of drug-likeness (QED) is 0.138. The van der Waals surface area contributed by atoms with Crippen molar-refractivity contribution < 1.29 is 33.5 Å². The van der Waals surface area contributed by atoms with E-state index in [1.54, 1.807) is 27.7 Å². The second-order valence-electron chi connectivity index (χ2n) is 24.3. The van der Waals surface area contributed by atoms with Gasteiger partial charge in [0, 0.05) is 51.9 Å². The average Bonchev–Trinajstić information content (AvgIpc) is 4.12. The lowest BCUT2D eigenvalue weighted by atomic mass is 9.85. The number of rotatable bonds is 19. The molecule has 3 fully saturated rings. The zero-order valence-electron chi connectivity index (χ0n) is 48.0. The summed E-state index contributed by atoms with van der Waals surface area (Å²) in [4.78, 5) is 90.9. The molecule has 0 aliphatic carbocycles. The van der Waals surface area contributed by atoms with E-state index in [9.17, 15) is 28.8 Å². The molecule has 414 valence electrons. The van der Waals surface area contributed by atoms with Crippen molar-refractivity contribution in [2.75, 3.05) is 74.0 Å². The fraction of sp³-hybridized carbons (Fsp3) is 0.690. The number of nitrogens with one attached hydrogen (secondary N) is 3. The number of likely N-dealkylation sites (tertiary alicyclic amines) is 3. The lowest BCUT2D eigenvalue weighted by molar-refractivity contribution is -0.143. The standard InChI is InChI=1S/C30H49N5O3.C28H46N4O4/c1-22(32(5)6)27(36)31-26(30(2,3)4)29(38)35-19-11-15-24(35)21-34(20-17-23-13-9-8-10-14-23)28(37)25-16-12-18-33(25)7;1-20(31(8)26(35)36-28(5,6)7)24(33)30-23(27(2,3)4)25(34)32-18-12-15-22(32)19-29-17-16-21-13-10-9-11-14-21/h8-10,13-14,22,24-26H,11-12,15-21H2,1-7H3,(H,31,36);9-11,13-14,20,22-23,29H,12,15-19H2,1-8H3,(H,30,33)/t22-,24-,25+,26+;20-,22-,23+/m00/s1. The third kappa shape index (κ3) is 18.4. The van der Waals surface area contributed by atoms with E-state index in [0.29, 0.717) is 26.2 Å². The van der Waals surface area contributed by atoms with Crippen molar-refractivity contribution in [2.24, 2.45) is 10.8 Å². The van der Waals surface area contributed by atoms with Crippen molar-refractivity contribution in [2.45, 2.75) is 175 Å². The maximum Gasteiger partial charge on any atom is 0.410 e. The number of carbonyl (C=O) groups is 6. The van der Waals surface area contributed by atoms with Crippen LogP contribution in [0.25, 0.3) is 0 Å². The Morgan fingerprint density at radius 3 is 1.59 bits per heavy atom. The van der Waals surface area contributed by atoms with Gasteiger partial charge in [0.1, 0.15) is 23.7 Å². The van der Waals surface area contributed by atoms with Gasteiger partial charge in [-0.25, -0.2) is 4.79 Å². The largest absolute Gasteiger partial charge is 0.444 e. The van der Waals surface area contributed by atoms with Gasteiger partial charge in [-0.2, -0.15) is 0 Å².